The summed E-state index contributed by atoms with van der Waals surface area (Å²) >= 11 is 0. The maximum Gasteiger partial charge on any atom is 0.224 e. The van der Waals surface area contributed by atoms with Gasteiger partial charge in [0, 0.05) is 12.6 Å². The highest BCUT2D eigenvalue weighted by Gasteiger charge is 2.17. The van der Waals surface area contributed by atoms with Crippen LogP contribution in [0.15, 0.2) is 24.3 Å². The molecule has 0 radical (unpaired) electrons. The minimum atomic E-state index is -0.00819. The minimum Gasteiger partial charge on any atom is -0.508 e. The lowest BCUT2D eigenvalue weighted by Crippen LogP contribution is -2.45. The molecule has 1 rings (SSSR count). The monoisotopic (exact) mass is 264 g/mol. The van der Waals surface area contributed by atoms with Gasteiger partial charge in [-0.2, -0.15) is 0 Å². The molecule has 0 fully saturated rings. The summed E-state index contributed by atoms with van der Waals surface area (Å²) in [5, 5.41) is 12.4. The fourth-order valence-electron chi connectivity index (χ4n) is 1.93. The predicted octanol–water partition coefficient (Wildman–Crippen LogP) is 1.64. The topological polar surface area (TPSA) is 52.6 Å². The SMILES string of the molecule is CC(C)C(CN(C)C)NC(=O)Cc1cccc(O)c1. The number of nitrogens with one attached hydrogen (secondary N) is 1. The summed E-state index contributed by atoms with van der Waals surface area (Å²) in [7, 11) is 3.99. The normalized spacial score (nSPS) is 12.7. The van der Waals surface area contributed by atoms with Crippen LogP contribution < -0.4 is 5.32 Å². The van der Waals surface area contributed by atoms with Crippen molar-refractivity contribution in [2.24, 2.45) is 5.92 Å². The summed E-state index contributed by atoms with van der Waals surface area (Å²) in [5.74, 6) is 0.570. The Morgan fingerprint density at radius 1 is 1.37 bits per heavy atom. The average Bonchev–Trinajstić information content (AvgIpc) is 2.27. The molecule has 4 nitrogen and oxygen atoms in total. The lowest BCUT2D eigenvalue weighted by atomic mass is 10.0. The third-order valence-electron chi connectivity index (χ3n) is 2.99. The zero-order valence-corrected chi connectivity index (χ0v) is 12.2. The van der Waals surface area contributed by atoms with Crippen molar-refractivity contribution in [2.75, 3.05) is 20.6 Å². The number of rotatable bonds is 6. The van der Waals surface area contributed by atoms with Crippen LogP contribution in [0.3, 0.4) is 0 Å². The Balaban J connectivity index is 2.57. The number of carbonyl (C=O) groups excluding carboxylic acids is 1. The predicted molar refractivity (Wildman–Crippen MR) is 77.1 cm³/mol. The summed E-state index contributed by atoms with van der Waals surface area (Å²) in [6.45, 7) is 5.02. The van der Waals surface area contributed by atoms with E-state index in [0.717, 1.165) is 12.1 Å². The van der Waals surface area contributed by atoms with Crippen molar-refractivity contribution in [3.63, 3.8) is 0 Å². The molecule has 4 heteroatoms. The number of benzene rings is 1. The number of aromatic hydroxyl groups is 1. The van der Waals surface area contributed by atoms with Gasteiger partial charge in [0.2, 0.25) is 5.91 Å². The van der Waals surface area contributed by atoms with Gasteiger partial charge in [-0.05, 0) is 37.7 Å². The zero-order valence-electron chi connectivity index (χ0n) is 12.2. The van der Waals surface area contributed by atoms with E-state index in [-0.39, 0.29) is 17.7 Å². The highest BCUT2D eigenvalue weighted by molar-refractivity contribution is 5.79. The van der Waals surface area contributed by atoms with Gasteiger partial charge in [-0.15, -0.1) is 0 Å². The zero-order chi connectivity index (χ0) is 14.4. The van der Waals surface area contributed by atoms with E-state index < -0.39 is 0 Å². The first-order chi connectivity index (χ1) is 8.88. The first-order valence-electron chi connectivity index (χ1n) is 6.60. The van der Waals surface area contributed by atoms with Gasteiger partial charge in [0.05, 0.1) is 6.42 Å². The van der Waals surface area contributed by atoms with Crippen LogP contribution in [0.4, 0.5) is 0 Å². The van der Waals surface area contributed by atoms with Crippen molar-refractivity contribution < 1.29 is 9.90 Å². The summed E-state index contributed by atoms with van der Waals surface area (Å²) in [4.78, 5) is 14.1. The molecule has 0 aliphatic carbocycles. The molecule has 1 aromatic rings. The molecule has 0 spiro atoms. The summed E-state index contributed by atoms with van der Waals surface area (Å²) < 4.78 is 0. The van der Waals surface area contributed by atoms with Crippen LogP contribution in [0.1, 0.15) is 19.4 Å². The molecule has 106 valence electrons. The van der Waals surface area contributed by atoms with Gasteiger partial charge in [0.25, 0.3) is 0 Å². The van der Waals surface area contributed by atoms with E-state index in [2.05, 4.69) is 24.1 Å². The number of likely N-dealkylation sites (N-methyl/N-ethyl adjacent to an activating group) is 1. The smallest absolute Gasteiger partial charge is 0.224 e. The molecule has 0 bridgehead atoms. The maximum atomic E-state index is 12.0. The van der Waals surface area contributed by atoms with Gasteiger partial charge in [-0.1, -0.05) is 26.0 Å². The summed E-state index contributed by atoms with van der Waals surface area (Å²) in [5.41, 5.74) is 0.824. The number of hydrogen-bond donors (Lipinski definition) is 2. The van der Waals surface area contributed by atoms with Gasteiger partial charge in [0.1, 0.15) is 5.75 Å². The molecular formula is C15H24N2O2. The van der Waals surface area contributed by atoms with Crippen molar-refractivity contribution >= 4 is 5.91 Å². The Labute approximate surface area is 115 Å². The van der Waals surface area contributed by atoms with Gasteiger partial charge in [-0.25, -0.2) is 0 Å². The number of nitrogens with zero attached hydrogens (tertiary/aromatic N) is 1. The van der Waals surface area contributed by atoms with Crippen molar-refractivity contribution in [3.8, 4) is 5.75 Å². The van der Waals surface area contributed by atoms with E-state index in [0.29, 0.717) is 12.3 Å². The van der Waals surface area contributed by atoms with Crippen LogP contribution in [0.5, 0.6) is 5.75 Å². The molecule has 0 aliphatic rings. The van der Waals surface area contributed by atoms with E-state index in [1.165, 1.54) is 0 Å². The van der Waals surface area contributed by atoms with Crippen molar-refractivity contribution in [2.45, 2.75) is 26.3 Å². The molecule has 0 saturated heterocycles. The fourth-order valence-corrected chi connectivity index (χ4v) is 1.93. The summed E-state index contributed by atoms with van der Waals surface area (Å²) in [6, 6.07) is 6.95. The Kier molecular flexibility index (Phi) is 5.83. The molecule has 1 aromatic carbocycles. The molecule has 0 aromatic heterocycles. The van der Waals surface area contributed by atoms with Crippen molar-refractivity contribution in [3.05, 3.63) is 29.8 Å². The van der Waals surface area contributed by atoms with E-state index >= 15 is 0 Å². The molecule has 0 saturated carbocycles. The second kappa shape index (κ2) is 7.14. The van der Waals surface area contributed by atoms with Crippen LogP contribution in [0, 0.1) is 5.92 Å². The van der Waals surface area contributed by atoms with E-state index in [1.54, 1.807) is 18.2 Å². The maximum absolute atomic E-state index is 12.0. The molecule has 0 heterocycles. The van der Waals surface area contributed by atoms with E-state index in [4.69, 9.17) is 0 Å². The Hall–Kier alpha value is -1.55. The third kappa shape index (κ3) is 5.75. The van der Waals surface area contributed by atoms with E-state index in [1.807, 2.05) is 20.2 Å². The van der Waals surface area contributed by atoms with Gasteiger partial charge < -0.3 is 15.3 Å². The van der Waals surface area contributed by atoms with Crippen LogP contribution in [-0.2, 0) is 11.2 Å². The number of hydrogen-bond acceptors (Lipinski definition) is 3. The van der Waals surface area contributed by atoms with Gasteiger partial charge >= 0.3 is 0 Å². The highest BCUT2D eigenvalue weighted by Crippen LogP contribution is 2.11. The van der Waals surface area contributed by atoms with Gasteiger partial charge in [-0.3, -0.25) is 4.79 Å². The third-order valence-corrected chi connectivity index (χ3v) is 2.99. The number of carbonyl (C=O) groups is 1. The van der Waals surface area contributed by atoms with Gasteiger partial charge in [0.15, 0.2) is 0 Å². The quantitative estimate of drug-likeness (QED) is 0.821. The fraction of sp³-hybridized carbons (Fsp3) is 0.533. The molecule has 1 amide bonds. The molecule has 19 heavy (non-hydrogen) atoms. The lowest BCUT2D eigenvalue weighted by Gasteiger charge is -2.25. The Morgan fingerprint density at radius 2 is 2.05 bits per heavy atom. The largest absolute Gasteiger partial charge is 0.508 e. The van der Waals surface area contributed by atoms with Crippen LogP contribution in [0.2, 0.25) is 0 Å². The number of amides is 1. The average molecular weight is 264 g/mol. The molecular weight excluding hydrogens is 240 g/mol. The number of phenols is 1. The molecule has 1 atom stereocenters. The van der Waals surface area contributed by atoms with Crippen molar-refractivity contribution in [1.82, 2.24) is 10.2 Å². The van der Waals surface area contributed by atoms with Crippen LogP contribution in [-0.4, -0.2) is 42.6 Å². The molecule has 0 aliphatic heterocycles. The Bertz CT molecular complexity index is 416. The second-order valence-corrected chi connectivity index (χ2v) is 5.53. The summed E-state index contributed by atoms with van der Waals surface area (Å²) in [6.07, 6.45) is 0.297. The second-order valence-electron chi connectivity index (χ2n) is 5.53. The van der Waals surface area contributed by atoms with E-state index in [9.17, 15) is 9.90 Å². The first kappa shape index (κ1) is 15.5. The lowest BCUT2D eigenvalue weighted by molar-refractivity contribution is -0.121. The minimum absolute atomic E-state index is 0.00819. The van der Waals surface area contributed by atoms with Crippen LogP contribution in [0.25, 0.3) is 0 Å². The van der Waals surface area contributed by atoms with Crippen molar-refractivity contribution in [1.29, 1.82) is 0 Å². The molecule has 2 N–H and O–H groups in total. The number of phenolic OH excluding ortho intramolecular Hbond substituents is 1. The highest BCUT2D eigenvalue weighted by atomic mass is 16.3. The first-order valence-corrected chi connectivity index (χ1v) is 6.60. The van der Waals surface area contributed by atoms with Crippen LogP contribution >= 0.6 is 0 Å². The standard InChI is InChI=1S/C15H24N2O2/c1-11(2)14(10-17(3)4)16-15(19)9-12-6-5-7-13(18)8-12/h5-8,11,14,18H,9-10H2,1-4H3,(H,16,19). The Morgan fingerprint density at radius 3 is 2.58 bits per heavy atom. The molecule has 1 unspecified atom stereocenters.